The maximum atomic E-state index is 12.7. The van der Waals surface area contributed by atoms with Crippen molar-refractivity contribution in [1.82, 2.24) is 14.7 Å². The second-order valence-corrected chi connectivity index (χ2v) is 8.46. The largest absolute Gasteiger partial charge is 0.379 e. The predicted molar refractivity (Wildman–Crippen MR) is 130 cm³/mol. The van der Waals surface area contributed by atoms with Crippen LogP contribution in [0.15, 0.2) is 54.6 Å². The molecule has 0 spiro atoms. The number of ether oxygens (including phenoxy) is 1. The average molecular weight is 466 g/mol. The van der Waals surface area contributed by atoms with Crippen LogP contribution < -0.4 is 10.6 Å². The summed E-state index contributed by atoms with van der Waals surface area (Å²) in [6.45, 7) is 6.04. The van der Waals surface area contributed by atoms with E-state index in [2.05, 4.69) is 15.5 Å². The molecule has 2 aliphatic heterocycles. The first-order valence-corrected chi connectivity index (χ1v) is 11.6. The van der Waals surface area contributed by atoms with Crippen LogP contribution in [0.3, 0.4) is 0 Å². The highest BCUT2D eigenvalue weighted by molar-refractivity contribution is 6.10. The van der Waals surface area contributed by atoms with E-state index in [1.807, 2.05) is 40.1 Å². The van der Waals surface area contributed by atoms with E-state index in [0.29, 0.717) is 62.9 Å². The number of para-hydroxylation sites is 2. The molecular weight excluding hydrogens is 434 g/mol. The Hall–Kier alpha value is -3.27. The SMILES string of the molecule is O=C(CN1CCN(C(=O)CN2CCOCC2)CC1)Nc1ccccc1C(=O)Nc1ccccc1. The summed E-state index contributed by atoms with van der Waals surface area (Å²) >= 11 is 0. The molecule has 3 amide bonds. The van der Waals surface area contributed by atoms with Crippen molar-refractivity contribution in [3.05, 3.63) is 60.2 Å². The van der Waals surface area contributed by atoms with Gasteiger partial charge in [-0.25, -0.2) is 0 Å². The lowest BCUT2D eigenvalue weighted by molar-refractivity contribution is -0.135. The van der Waals surface area contributed by atoms with Crippen LogP contribution in [0.5, 0.6) is 0 Å². The third-order valence-electron chi connectivity index (χ3n) is 6.03. The molecule has 0 atom stereocenters. The second kappa shape index (κ2) is 11.7. The fourth-order valence-corrected chi connectivity index (χ4v) is 4.11. The summed E-state index contributed by atoms with van der Waals surface area (Å²) in [5.74, 6) is -0.341. The van der Waals surface area contributed by atoms with Gasteiger partial charge in [-0.3, -0.25) is 24.2 Å². The smallest absolute Gasteiger partial charge is 0.257 e. The molecular formula is C25H31N5O4. The van der Waals surface area contributed by atoms with Crippen molar-refractivity contribution in [3.63, 3.8) is 0 Å². The van der Waals surface area contributed by atoms with Gasteiger partial charge in [0.05, 0.1) is 37.6 Å². The number of nitrogens with zero attached hydrogens (tertiary/aromatic N) is 3. The molecule has 2 fully saturated rings. The molecule has 4 rings (SSSR count). The standard InChI is InChI=1S/C25H31N5O4/c31-23(18-28-10-12-30(13-11-28)24(32)19-29-14-16-34-17-15-29)27-22-9-5-4-8-21(22)25(33)26-20-6-2-1-3-7-20/h1-9H,10-19H2,(H,26,33)(H,27,31). The molecule has 0 saturated carbocycles. The number of hydrogen-bond donors (Lipinski definition) is 2. The first-order valence-electron chi connectivity index (χ1n) is 11.6. The minimum Gasteiger partial charge on any atom is -0.379 e. The maximum Gasteiger partial charge on any atom is 0.257 e. The lowest BCUT2D eigenvalue weighted by atomic mass is 10.1. The van der Waals surface area contributed by atoms with Gasteiger partial charge in [-0.05, 0) is 24.3 Å². The maximum absolute atomic E-state index is 12.7. The van der Waals surface area contributed by atoms with Crippen molar-refractivity contribution in [1.29, 1.82) is 0 Å². The number of piperazine rings is 1. The number of carbonyl (C=O) groups excluding carboxylic acids is 3. The third kappa shape index (κ3) is 6.63. The molecule has 0 bridgehead atoms. The number of anilines is 2. The predicted octanol–water partition coefficient (Wildman–Crippen LogP) is 1.35. The lowest BCUT2D eigenvalue weighted by Crippen LogP contribution is -2.53. The van der Waals surface area contributed by atoms with Crippen LogP contribution in [0, 0.1) is 0 Å². The Morgan fingerprint density at radius 1 is 0.735 bits per heavy atom. The van der Waals surface area contributed by atoms with Crippen molar-refractivity contribution < 1.29 is 19.1 Å². The fraction of sp³-hybridized carbons (Fsp3) is 0.400. The number of carbonyl (C=O) groups is 3. The quantitative estimate of drug-likeness (QED) is 0.641. The van der Waals surface area contributed by atoms with E-state index in [9.17, 15) is 14.4 Å². The van der Waals surface area contributed by atoms with Crippen LogP contribution in [-0.4, -0.2) is 98.0 Å². The fourth-order valence-electron chi connectivity index (χ4n) is 4.11. The van der Waals surface area contributed by atoms with Gasteiger partial charge in [-0.2, -0.15) is 0 Å². The number of nitrogens with one attached hydrogen (secondary N) is 2. The molecule has 34 heavy (non-hydrogen) atoms. The molecule has 9 heteroatoms. The van der Waals surface area contributed by atoms with Crippen molar-refractivity contribution in [2.75, 3.05) is 76.2 Å². The van der Waals surface area contributed by atoms with Crippen LogP contribution in [0.2, 0.25) is 0 Å². The molecule has 0 aliphatic carbocycles. The Morgan fingerprint density at radius 2 is 1.38 bits per heavy atom. The summed E-state index contributed by atoms with van der Waals surface area (Å²) in [4.78, 5) is 44.0. The van der Waals surface area contributed by atoms with Gasteiger partial charge in [0.25, 0.3) is 5.91 Å². The van der Waals surface area contributed by atoms with Crippen LogP contribution >= 0.6 is 0 Å². The Bertz CT molecular complexity index is 986. The van der Waals surface area contributed by atoms with E-state index in [1.54, 1.807) is 24.3 Å². The van der Waals surface area contributed by atoms with Crippen LogP contribution in [0.4, 0.5) is 11.4 Å². The molecule has 0 unspecified atom stereocenters. The van der Waals surface area contributed by atoms with Gasteiger partial charge in [0.1, 0.15) is 0 Å². The summed E-state index contributed by atoms with van der Waals surface area (Å²) in [7, 11) is 0. The highest BCUT2D eigenvalue weighted by Gasteiger charge is 2.24. The van der Waals surface area contributed by atoms with E-state index in [-0.39, 0.29) is 24.3 Å². The van der Waals surface area contributed by atoms with Gasteiger partial charge < -0.3 is 20.3 Å². The zero-order chi connectivity index (χ0) is 23.8. The molecule has 0 aromatic heterocycles. The molecule has 2 heterocycles. The van der Waals surface area contributed by atoms with Gasteiger partial charge in [0.2, 0.25) is 11.8 Å². The van der Waals surface area contributed by atoms with Crippen molar-refractivity contribution in [2.45, 2.75) is 0 Å². The normalized spacial score (nSPS) is 17.2. The topological polar surface area (TPSA) is 94.2 Å². The highest BCUT2D eigenvalue weighted by atomic mass is 16.5. The number of amides is 3. The van der Waals surface area contributed by atoms with Gasteiger partial charge in [0, 0.05) is 45.0 Å². The van der Waals surface area contributed by atoms with Gasteiger partial charge >= 0.3 is 0 Å². The number of benzene rings is 2. The van der Waals surface area contributed by atoms with Gasteiger partial charge in [-0.1, -0.05) is 30.3 Å². The Balaban J connectivity index is 1.25. The summed E-state index contributed by atoms with van der Waals surface area (Å²) < 4.78 is 5.33. The molecule has 2 saturated heterocycles. The lowest BCUT2D eigenvalue weighted by Gasteiger charge is -2.36. The van der Waals surface area contributed by atoms with Crippen molar-refractivity contribution >= 4 is 29.1 Å². The van der Waals surface area contributed by atoms with Crippen LogP contribution in [-0.2, 0) is 14.3 Å². The summed E-state index contributed by atoms with van der Waals surface area (Å²) in [6, 6.07) is 16.2. The van der Waals surface area contributed by atoms with E-state index in [0.717, 1.165) is 13.1 Å². The first kappa shape index (κ1) is 23.9. The molecule has 0 radical (unpaired) electrons. The highest BCUT2D eigenvalue weighted by Crippen LogP contribution is 2.17. The first-order chi connectivity index (χ1) is 16.6. The van der Waals surface area contributed by atoms with Gasteiger partial charge in [-0.15, -0.1) is 0 Å². The summed E-state index contributed by atoms with van der Waals surface area (Å²) in [5, 5.41) is 5.72. The average Bonchev–Trinajstić information content (AvgIpc) is 2.86. The molecule has 180 valence electrons. The molecule has 2 N–H and O–H groups in total. The van der Waals surface area contributed by atoms with E-state index < -0.39 is 0 Å². The molecule has 2 aliphatic rings. The van der Waals surface area contributed by atoms with Gasteiger partial charge in [0.15, 0.2) is 0 Å². The molecule has 9 nitrogen and oxygen atoms in total. The summed E-state index contributed by atoms with van der Waals surface area (Å²) in [5.41, 5.74) is 1.56. The minimum absolute atomic E-state index is 0.129. The second-order valence-electron chi connectivity index (χ2n) is 8.46. The monoisotopic (exact) mass is 465 g/mol. The molecule has 2 aromatic rings. The van der Waals surface area contributed by atoms with Crippen LogP contribution in [0.1, 0.15) is 10.4 Å². The zero-order valence-electron chi connectivity index (χ0n) is 19.2. The Kier molecular flexibility index (Phi) is 8.24. The zero-order valence-corrected chi connectivity index (χ0v) is 19.2. The third-order valence-corrected chi connectivity index (χ3v) is 6.03. The van der Waals surface area contributed by atoms with Crippen molar-refractivity contribution in [3.8, 4) is 0 Å². The minimum atomic E-state index is -0.283. The summed E-state index contributed by atoms with van der Waals surface area (Å²) in [6.07, 6.45) is 0. The van der Waals surface area contributed by atoms with Crippen molar-refractivity contribution in [2.24, 2.45) is 0 Å². The van der Waals surface area contributed by atoms with E-state index in [1.165, 1.54) is 0 Å². The number of morpholine rings is 1. The van der Waals surface area contributed by atoms with E-state index >= 15 is 0 Å². The van der Waals surface area contributed by atoms with Crippen LogP contribution in [0.25, 0.3) is 0 Å². The Labute approximate surface area is 199 Å². The van der Waals surface area contributed by atoms with E-state index in [4.69, 9.17) is 4.74 Å². The Morgan fingerprint density at radius 3 is 2.12 bits per heavy atom. The molecule has 2 aromatic carbocycles. The number of hydrogen-bond acceptors (Lipinski definition) is 6. The number of rotatable bonds is 7.